The fraction of sp³-hybridized carbons (Fsp3) is 0.291. The fourth-order valence-electron chi connectivity index (χ4n) is 9.75. The number of aromatic hydroxyl groups is 3. The van der Waals surface area contributed by atoms with Gasteiger partial charge in [-0.2, -0.15) is 0 Å². The van der Waals surface area contributed by atoms with Gasteiger partial charge in [-0.15, -0.1) is 42.2 Å². The number of nitrogens with zero attached hydrogens (tertiary/aromatic N) is 9. The van der Waals surface area contributed by atoms with Crippen LogP contribution in [0.1, 0.15) is 109 Å². The van der Waals surface area contributed by atoms with Gasteiger partial charge in [-0.3, -0.25) is 14.4 Å². The second kappa shape index (κ2) is 16.4. The van der Waals surface area contributed by atoms with Crippen LogP contribution < -0.4 is 16.0 Å². The lowest BCUT2D eigenvalue weighted by Gasteiger charge is -2.20. The Labute approximate surface area is 423 Å². The summed E-state index contributed by atoms with van der Waals surface area (Å²) in [4.78, 5) is 46.5. The number of benzene rings is 6. The Morgan fingerprint density at radius 1 is 0.473 bits per heavy atom. The first-order valence-electron chi connectivity index (χ1n) is 24.9. The zero-order valence-electron chi connectivity index (χ0n) is 42.4. The lowest BCUT2D eigenvalue weighted by molar-refractivity contribution is 0.0498. The first-order valence-corrected chi connectivity index (χ1v) is 24.9. The lowest BCUT2D eigenvalue weighted by atomic mass is 9.87. The smallest absolute Gasteiger partial charge is 0.251 e. The van der Waals surface area contributed by atoms with E-state index in [0.29, 0.717) is 33.8 Å². The summed E-state index contributed by atoms with van der Waals surface area (Å²) in [6, 6.07) is 33.2. The van der Waals surface area contributed by atoms with Crippen molar-refractivity contribution in [3.63, 3.8) is 0 Å². The lowest BCUT2D eigenvalue weighted by Crippen LogP contribution is -2.42. The molecule has 1 atom stereocenters. The van der Waals surface area contributed by atoms with E-state index in [9.17, 15) is 29.7 Å². The van der Waals surface area contributed by atoms with Crippen LogP contribution in [0.4, 0.5) is 0 Å². The maximum atomic E-state index is 13.7. The molecule has 0 aliphatic heterocycles. The van der Waals surface area contributed by atoms with Gasteiger partial charge >= 0.3 is 0 Å². The Hall–Kier alpha value is -8.71. The second-order valence-electron chi connectivity index (χ2n) is 21.7. The van der Waals surface area contributed by atoms with Crippen LogP contribution in [-0.4, -0.2) is 108 Å². The molecule has 19 nitrogen and oxygen atoms in total. The molecule has 12 aromatic rings. The van der Waals surface area contributed by atoms with Gasteiger partial charge in [0.05, 0.1) is 12.7 Å². The fourth-order valence-corrected chi connectivity index (χ4v) is 9.75. The highest BCUT2D eigenvalue weighted by Crippen LogP contribution is 2.37. The number of aromatic nitrogens is 9. The minimum absolute atomic E-state index is 0.0449. The van der Waals surface area contributed by atoms with Crippen molar-refractivity contribution in [1.29, 1.82) is 0 Å². The molecule has 0 radical (unpaired) electrons. The number of fused-ring (bicyclic) bond motifs is 12. The summed E-state index contributed by atoms with van der Waals surface area (Å²) in [6.07, 6.45) is -0.685. The van der Waals surface area contributed by atoms with Gasteiger partial charge in [0.2, 0.25) is 0 Å². The van der Waals surface area contributed by atoms with E-state index >= 15 is 0 Å². The SMILES string of the molecule is CC(C)c1ccc(-n2n3c4ccc(C(=O)NCC(CNC(=O)c5ccc6c(c5)n5n(-c7ccc(C(C)(C)C)cc7O)n65)OCCNC(=O)c5ccc6c(c5)n5n(-c7ccc(C(C)(C)C)cc7O)n65)cc4n23)c(O)c1. The van der Waals surface area contributed by atoms with Crippen molar-refractivity contribution in [2.24, 2.45) is 0 Å². The number of rotatable bonds is 15. The minimum Gasteiger partial charge on any atom is -0.506 e. The number of amides is 3. The summed E-state index contributed by atoms with van der Waals surface area (Å²) in [5.41, 5.74) is 11.2. The van der Waals surface area contributed by atoms with E-state index in [0.717, 1.165) is 49.8 Å². The molecule has 0 spiro atoms. The summed E-state index contributed by atoms with van der Waals surface area (Å²) in [7, 11) is 0. The van der Waals surface area contributed by atoms with Crippen LogP contribution in [-0.2, 0) is 15.6 Å². The molecule has 0 aliphatic rings. The molecule has 0 aliphatic carbocycles. The van der Waals surface area contributed by atoms with Gasteiger partial charge in [-0.05, 0) is 124 Å². The summed E-state index contributed by atoms with van der Waals surface area (Å²) < 4.78 is 17.6. The highest BCUT2D eigenvalue weighted by molar-refractivity contribution is 6.00. The Kier molecular flexibility index (Phi) is 10.3. The maximum Gasteiger partial charge on any atom is 0.251 e. The normalized spacial score (nSPS) is 13.3. The van der Waals surface area contributed by atoms with Crippen LogP contribution in [0.15, 0.2) is 109 Å². The van der Waals surface area contributed by atoms with Crippen molar-refractivity contribution in [2.45, 2.75) is 78.2 Å². The van der Waals surface area contributed by atoms with Crippen LogP contribution >= 0.6 is 0 Å². The number of nitrogens with one attached hydrogen (secondary N) is 3. The minimum atomic E-state index is -0.685. The molecule has 0 saturated heterocycles. The van der Waals surface area contributed by atoms with Gasteiger partial charge in [0.1, 0.15) is 67.4 Å². The van der Waals surface area contributed by atoms with E-state index in [2.05, 4.69) is 71.3 Å². The zero-order valence-corrected chi connectivity index (χ0v) is 42.4. The van der Waals surface area contributed by atoms with E-state index in [-0.39, 0.29) is 78.0 Å². The number of hydrogen-bond donors (Lipinski definition) is 6. The molecule has 6 aromatic heterocycles. The Morgan fingerprint density at radius 2 is 0.838 bits per heavy atom. The standard InChI is InChI=1S/C55H58N12O7/c1-31(2)32-9-18-42(48(68)26-32)62-59-40-16-11-34(24-46(40)65(59)62)52(72)57-29-38(30-58-53(73)35-12-17-41-47(25-35)67-61(41)64(67)44-20-14-37(28-50(44)70)55(6,7)8)74-22-21-56-51(71)33-10-15-39-45(23-33)66-60(39)63(66)43-19-13-36(27-49(43)69)54(3,4)5/h9-20,23-28,31,38,68-70H,21-22,29-30H2,1-8H3,(H,56,71)(H,57,72)(H,58,73). The van der Waals surface area contributed by atoms with Crippen molar-refractivity contribution in [3.05, 3.63) is 143 Å². The van der Waals surface area contributed by atoms with Crippen LogP contribution in [0.3, 0.4) is 0 Å². The number of carbonyl (C=O) groups excluding carboxylic acids is 3. The van der Waals surface area contributed by atoms with E-state index in [4.69, 9.17) is 4.74 Å². The third-order valence-electron chi connectivity index (χ3n) is 14.2. The Morgan fingerprint density at radius 3 is 1.20 bits per heavy atom. The average molecular weight is 999 g/mol. The molecule has 0 saturated carbocycles. The van der Waals surface area contributed by atoms with Crippen molar-refractivity contribution in [1.82, 2.24) is 58.1 Å². The highest BCUT2D eigenvalue weighted by atomic mass is 16.5. The monoisotopic (exact) mass is 998 g/mol. The van der Waals surface area contributed by atoms with E-state index in [1.807, 2.05) is 96.8 Å². The van der Waals surface area contributed by atoms with Crippen molar-refractivity contribution in [2.75, 3.05) is 26.2 Å². The number of phenols is 3. The topological polar surface area (TPSA) is 198 Å². The summed E-state index contributed by atoms with van der Waals surface area (Å²) in [5.74, 6) is -0.220. The molecule has 6 N–H and O–H groups in total. The number of carbonyl (C=O) groups is 3. The van der Waals surface area contributed by atoms with Crippen LogP contribution in [0, 0.1) is 0 Å². The molecule has 12 rings (SSSR count). The third-order valence-corrected chi connectivity index (χ3v) is 14.2. The number of hydrogen-bond acceptors (Lipinski definition) is 7. The predicted molar refractivity (Wildman–Crippen MR) is 280 cm³/mol. The summed E-state index contributed by atoms with van der Waals surface area (Å²) in [6.45, 7) is 17.0. The van der Waals surface area contributed by atoms with Gasteiger partial charge in [-0.25, -0.2) is 0 Å². The van der Waals surface area contributed by atoms with E-state index in [1.54, 1.807) is 54.6 Å². The molecule has 0 fully saturated rings. The van der Waals surface area contributed by atoms with Gasteiger partial charge in [0, 0.05) is 36.3 Å². The predicted octanol–water partition coefficient (Wildman–Crippen LogP) is 7.70. The van der Waals surface area contributed by atoms with E-state index < -0.39 is 6.10 Å². The Bertz CT molecular complexity index is 4100. The van der Waals surface area contributed by atoms with Crippen molar-refractivity contribution < 1.29 is 34.4 Å². The summed E-state index contributed by atoms with van der Waals surface area (Å²) >= 11 is 0. The first kappa shape index (κ1) is 46.4. The van der Waals surface area contributed by atoms with Crippen molar-refractivity contribution >= 4 is 50.8 Å². The Balaban J connectivity index is 0.719. The zero-order chi connectivity index (χ0) is 51.9. The van der Waals surface area contributed by atoms with Gasteiger partial charge in [0.25, 0.3) is 17.7 Å². The maximum absolute atomic E-state index is 13.7. The van der Waals surface area contributed by atoms with Crippen LogP contribution in [0.5, 0.6) is 17.2 Å². The van der Waals surface area contributed by atoms with Gasteiger partial charge in [-0.1, -0.05) is 73.6 Å². The summed E-state index contributed by atoms with van der Waals surface area (Å²) in [5, 5.41) is 41.6. The van der Waals surface area contributed by atoms with Crippen molar-refractivity contribution in [3.8, 4) is 34.3 Å². The van der Waals surface area contributed by atoms with E-state index in [1.165, 1.54) is 0 Å². The molecule has 74 heavy (non-hydrogen) atoms. The number of ether oxygens (including phenoxy) is 1. The van der Waals surface area contributed by atoms with Gasteiger partial charge < -0.3 is 36.0 Å². The highest BCUT2D eigenvalue weighted by Gasteiger charge is 2.31. The molecule has 1 unspecified atom stereocenters. The molecule has 6 aromatic carbocycles. The number of phenolic OH excluding ortho intramolecular Hbond substituents is 3. The molecule has 0 bridgehead atoms. The molecule has 6 heterocycles. The van der Waals surface area contributed by atoms with Crippen LogP contribution in [0.25, 0.3) is 50.2 Å². The van der Waals surface area contributed by atoms with Gasteiger partial charge in [0.15, 0.2) is 0 Å². The average Bonchev–Trinajstić information content (AvgIpc) is 4.30. The largest absolute Gasteiger partial charge is 0.506 e. The molecular formula is C55H58N12O7. The molecule has 380 valence electrons. The molecular weight excluding hydrogens is 941 g/mol. The third kappa shape index (κ3) is 7.55. The first-order chi connectivity index (χ1) is 35.3. The molecule has 19 heteroatoms. The quantitative estimate of drug-likeness (QED) is 0.0566. The molecule has 3 amide bonds. The van der Waals surface area contributed by atoms with Crippen LogP contribution in [0.2, 0.25) is 0 Å². The second-order valence-corrected chi connectivity index (χ2v) is 21.7.